The average molecular weight is 461 g/mol. The van der Waals surface area contributed by atoms with Crippen LogP contribution in [0.25, 0.3) is 0 Å². The third-order valence-electron chi connectivity index (χ3n) is 4.99. The van der Waals surface area contributed by atoms with Gasteiger partial charge < -0.3 is 15.0 Å². The molecule has 156 valence electrons. The highest BCUT2D eigenvalue weighted by Crippen LogP contribution is 2.26. The molecule has 0 saturated carbocycles. The van der Waals surface area contributed by atoms with Crippen LogP contribution in [-0.2, 0) is 22.6 Å². The quantitative estimate of drug-likeness (QED) is 0.608. The van der Waals surface area contributed by atoms with Crippen LogP contribution in [0.3, 0.4) is 0 Å². The average Bonchev–Trinajstić information content (AvgIpc) is 2.73. The van der Waals surface area contributed by atoms with Crippen LogP contribution in [0.2, 0.25) is 0 Å². The number of hydrogen-bond acceptors (Lipinski definition) is 3. The number of nitrogens with zero attached hydrogens (tertiary/aromatic N) is 1. The standard InChI is InChI=1S/C23H29BrN2O3/c1-5-17-11-12-21(19(24)13-17)29-15-22(27)26(20(6-2)23(28)25-4)14-18-10-8-7-9-16(18)3/h7-13,20H,5-6,14-15H2,1-4H3,(H,25,28)/t20-/m1/s1. The van der Waals surface area contributed by atoms with Gasteiger partial charge in [-0.2, -0.15) is 0 Å². The monoisotopic (exact) mass is 460 g/mol. The fourth-order valence-corrected chi connectivity index (χ4v) is 3.70. The van der Waals surface area contributed by atoms with E-state index >= 15 is 0 Å². The van der Waals surface area contributed by atoms with Gasteiger partial charge in [0.2, 0.25) is 5.91 Å². The first-order chi connectivity index (χ1) is 13.9. The smallest absolute Gasteiger partial charge is 0.261 e. The van der Waals surface area contributed by atoms with Gasteiger partial charge in [-0.25, -0.2) is 0 Å². The molecule has 0 aliphatic rings. The van der Waals surface area contributed by atoms with Crippen molar-refractivity contribution >= 4 is 27.7 Å². The van der Waals surface area contributed by atoms with Crippen LogP contribution < -0.4 is 10.1 Å². The molecule has 1 N–H and O–H groups in total. The normalized spacial score (nSPS) is 11.6. The molecular weight excluding hydrogens is 432 g/mol. The fraction of sp³-hybridized carbons (Fsp3) is 0.391. The first kappa shape index (κ1) is 22.9. The van der Waals surface area contributed by atoms with E-state index in [-0.39, 0.29) is 18.4 Å². The van der Waals surface area contributed by atoms with Crippen LogP contribution in [0.1, 0.15) is 37.0 Å². The molecule has 0 aromatic heterocycles. The van der Waals surface area contributed by atoms with Gasteiger partial charge in [-0.1, -0.05) is 44.2 Å². The largest absolute Gasteiger partial charge is 0.483 e. The van der Waals surface area contributed by atoms with E-state index in [9.17, 15) is 9.59 Å². The van der Waals surface area contributed by atoms with Crippen molar-refractivity contribution in [3.63, 3.8) is 0 Å². The third-order valence-corrected chi connectivity index (χ3v) is 5.61. The zero-order valence-electron chi connectivity index (χ0n) is 17.5. The van der Waals surface area contributed by atoms with E-state index in [1.807, 2.05) is 56.3 Å². The number of carbonyl (C=O) groups is 2. The van der Waals surface area contributed by atoms with Gasteiger partial charge in [0.15, 0.2) is 6.61 Å². The molecule has 5 nitrogen and oxygen atoms in total. The van der Waals surface area contributed by atoms with E-state index in [4.69, 9.17) is 4.74 Å². The first-order valence-electron chi connectivity index (χ1n) is 9.88. The van der Waals surface area contributed by atoms with E-state index in [0.717, 1.165) is 22.0 Å². The van der Waals surface area contributed by atoms with Crippen molar-refractivity contribution in [2.24, 2.45) is 0 Å². The Balaban J connectivity index is 2.21. The molecule has 0 unspecified atom stereocenters. The highest BCUT2D eigenvalue weighted by Gasteiger charge is 2.28. The van der Waals surface area contributed by atoms with E-state index in [1.165, 1.54) is 5.56 Å². The highest BCUT2D eigenvalue weighted by atomic mass is 79.9. The summed E-state index contributed by atoms with van der Waals surface area (Å²) in [6.07, 6.45) is 1.44. The van der Waals surface area contributed by atoms with E-state index in [1.54, 1.807) is 11.9 Å². The van der Waals surface area contributed by atoms with Crippen LogP contribution in [0.15, 0.2) is 46.9 Å². The van der Waals surface area contributed by atoms with Gasteiger partial charge in [0.05, 0.1) is 4.47 Å². The molecular formula is C23H29BrN2O3. The Bertz CT molecular complexity index is 854. The minimum absolute atomic E-state index is 0.135. The molecule has 2 amide bonds. The molecule has 2 aromatic rings. The van der Waals surface area contributed by atoms with Crippen LogP contribution in [0.5, 0.6) is 5.75 Å². The van der Waals surface area contributed by atoms with Crippen molar-refractivity contribution in [2.75, 3.05) is 13.7 Å². The zero-order chi connectivity index (χ0) is 21.4. The van der Waals surface area contributed by atoms with Crippen molar-refractivity contribution in [1.82, 2.24) is 10.2 Å². The van der Waals surface area contributed by atoms with Crippen molar-refractivity contribution in [3.8, 4) is 5.75 Å². The second-order valence-electron chi connectivity index (χ2n) is 6.89. The maximum atomic E-state index is 13.1. The number of benzene rings is 2. The maximum Gasteiger partial charge on any atom is 0.261 e. The molecule has 0 bridgehead atoms. The van der Waals surface area contributed by atoms with Gasteiger partial charge in [0, 0.05) is 13.6 Å². The van der Waals surface area contributed by atoms with Gasteiger partial charge in [0.1, 0.15) is 11.8 Å². The fourth-order valence-electron chi connectivity index (χ4n) is 3.16. The molecule has 0 fully saturated rings. The van der Waals surface area contributed by atoms with E-state index < -0.39 is 6.04 Å². The minimum Gasteiger partial charge on any atom is -0.483 e. The summed E-state index contributed by atoms with van der Waals surface area (Å²) in [6, 6.07) is 13.2. The topological polar surface area (TPSA) is 58.6 Å². The molecule has 0 heterocycles. The Labute approximate surface area is 181 Å². The molecule has 29 heavy (non-hydrogen) atoms. The first-order valence-corrected chi connectivity index (χ1v) is 10.7. The predicted octanol–water partition coefficient (Wildman–Crippen LogP) is 4.25. The number of halogens is 1. The minimum atomic E-state index is -0.554. The molecule has 0 radical (unpaired) electrons. The van der Waals surface area contributed by atoms with E-state index in [0.29, 0.717) is 18.7 Å². The summed E-state index contributed by atoms with van der Waals surface area (Å²) in [5, 5.41) is 2.67. The number of ether oxygens (including phenoxy) is 1. The molecule has 0 spiro atoms. The molecule has 2 rings (SSSR count). The van der Waals surface area contributed by atoms with Crippen molar-refractivity contribution in [1.29, 1.82) is 0 Å². The molecule has 2 aromatic carbocycles. The maximum absolute atomic E-state index is 13.1. The molecule has 0 saturated heterocycles. The lowest BCUT2D eigenvalue weighted by Gasteiger charge is -2.30. The molecule has 6 heteroatoms. The predicted molar refractivity (Wildman–Crippen MR) is 119 cm³/mol. The number of nitrogens with one attached hydrogen (secondary N) is 1. The lowest BCUT2D eigenvalue weighted by Crippen LogP contribution is -2.49. The van der Waals surface area contributed by atoms with Crippen molar-refractivity contribution in [2.45, 2.75) is 46.2 Å². The van der Waals surface area contributed by atoms with Crippen LogP contribution in [0, 0.1) is 6.92 Å². The Morgan fingerprint density at radius 3 is 2.48 bits per heavy atom. The highest BCUT2D eigenvalue weighted by molar-refractivity contribution is 9.10. The summed E-state index contributed by atoms with van der Waals surface area (Å²) < 4.78 is 6.60. The molecule has 0 aliphatic carbocycles. The summed E-state index contributed by atoms with van der Waals surface area (Å²) in [6.45, 7) is 6.21. The zero-order valence-corrected chi connectivity index (χ0v) is 19.1. The summed E-state index contributed by atoms with van der Waals surface area (Å²) >= 11 is 3.50. The third kappa shape index (κ3) is 6.07. The summed E-state index contributed by atoms with van der Waals surface area (Å²) in [4.78, 5) is 27.1. The number of rotatable bonds is 9. The molecule has 0 aliphatic heterocycles. The number of hydrogen-bond donors (Lipinski definition) is 1. The number of amides is 2. The Kier molecular flexibility index (Phi) is 8.70. The molecule has 1 atom stereocenters. The SMILES string of the molecule is CCc1ccc(OCC(=O)N(Cc2ccccc2C)[C@H](CC)C(=O)NC)c(Br)c1. The summed E-state index contributed by atoms with van der Waals surface area (Å²) in [5.74, 6) is 0.206. The van der Waals surface area contributed by atoms with Crippen molar-refractivity contribution in [3.05, 3.63) is 63.6 Å². The van der Waals surface area contributed by atoms with Crippen LogP contribution >= 0.6 is 15.9 Å². The van der Waals surface area contributed by atoms with Gasteiger partial charge in [-0.05, 0) is 64.5 Å². The number of carbonyl (C=O) groups excluding carboxylic acids is 2. The second kappa shape index (κ2) is 11.0. The van der Waals surface area contributed by atoms with Crippen LogP contribution in [0.4, 0.5) is 0 Å². The number of aryl methyl sites for hydroxylation is 2. The van der Waals surface area contributed by atoms with Crippen molar-refractivity contribution < 1.29 is 14.3 Å². The Hall–Kier alpha value is -2.34. The lowest BCUT2D eigenvalue weighted by molar-refractivity contribution is -0.142. The number of likely N-dealkylation sites (N-methyl/N-ethyl adjacent to an activating group) is 1. The summed E-state index contributed by atoms with van der Waals surface area (Å²) in [7, 11) is 1.59. The Morgan fingerprint density at radius 1 is 1.17 bits per heavy atom. The van der Waals surface area contributed by atoms with E-state index in [2.05, 4.69) is 28.2 Å². The second-order valence-corrected chi connectivity index (χ2v) is 7.75. The van der Waals surface area contributed by atoms with Gasteiger partial charge in [-0.3, -0.25) is 9.59 Å². The summed E-state index contributed by atoms with van der Waals surface area (Å²) in [5.41, 5.74) is 3.27. The van der Waals surface area contributed by atoms with Gasteiger partial charge in [0.25, 0.3) is 5.91 Å². The van der Waals surface area contributed by atoms with Gasteiger partial charge in [-0.15, -0.1) is 0 Å². The Morgan fingerprint density at radius 2 is 1.90 bits per heavy atom. The van der Waals surface area contributed by atoms with Gasteiger partial charge >= 0.3 is 0 Å². The lowest BCUT2D eigenvalue weighted by atomic mass is 10.1. The van der Waals surface area contributed by atoms with Crippen LogP contribution in [-0.4, -0.2) is 36.4 Å².